The quantitative estimate of drug-likeness (QED) is 0.459. The van der Waals surface area contributed by atoms with E-state index in [1.807, 2.05) is 30.3 Å². The topological polar surface area (TPSA) is 64.0 Å². The van der Waals surface area contributed by atoms with Crippen molar-refractivity contribution in [3.8, 4) is 0 Å². The Kier molecular flexibility index (Phi) is 6.24. The number of carbonyl (C=O) groups excluding carboxylic acids is 1. The van der Waals surface area contributed by atoms with Gasteiger partial charge in [0.15, 0.2) is 5.16 Å². The van der Waals surface area contributed by atoms with Gasteiger partial charge in [-0.15, -0.1) is 11.8 Å². The number of fused-ring (bicyclic) bond motifs is 1. The number of nitrogens with zero attached hydrogens (tertiary/aromatic N) is 2. The molecule has 1 aliphatic heterocycles. The number of aromatic nitrogens is 2. The molecule has 1 aromatic heterocycles. The number of nitrogens with one attached hydrogen (secondary N) is 1. The first kappa shape index (κ1) is 20.7. The van der Waals surface area contributed by atoms with E-state index in [0.717, 1.165) is 17.7 Å². The van der Waals surface area contributed by atoms with Crippen molar-refractivity contribution in [2.75, 3.05) is 11.1 Å². The SMILES string of the molecule is C[C@H]1Cc2nc(SCC(=O)Nc3cccc(F)c3)n(Cc3ccccc3)c(=O)c2S1. The van der Waals surface area contributed by atoms with E-state index in [-0.39, 0.29) is 17.2 Å². The molecule has 0 bridgehead atoms. The zero-order valence-electron chi connectivity index (χ0n) is 16.3. The molecule has 0 fully saturated rings. The highest BCUT2D eigenvalue weighted by Crippen LogP contribution is 2.34. The molecule has 8 heteroatoms. The number of rotatable bonds is 6. The molecule has 1 aliphatic rings. The zero-order chi connectivity index (χ0) is 21.1. The van der Waals surface area contributed by atoms with Crippen molar-refractivity contribution in [2.24, 2.45) is 0 Å². The molecule has 3 aromatic rings. The highest BCUT2D eigenvalue weighted by Gasteiger charge is 2.26. The number of carbonyl (C=O) groups is 1. The van der Waals surface area contributed by atoms with Gasteiger partial charge in [0.25, 0.3) is 5.56 Å². The Hall–Kier alpha value is -2.58. The van der Waals surface area contributed by atoms with E-state index in [1.54, 1.807) is 22.4 Å². The molecule has 0 spiro atoms. The molecule has 0 saturated heterocycles. The molecule has 0 saturated carbocycles. The molecule has 4 rings (SSSR count). The van der Waals surface area contributed by atoms with Crippen LogP contribution in [0.1, 0.15) is 18.2 Å². The number of halogens is 1. The van der Waals surface area contributed by atoms with Crippen LogP contribution in [0.5, 0.6) is 0 Å². The molecule has 0 unspecified atom stereocenters. The van der Waals surface area contributed by atoms with E-state index >= 15 is 0 Å². The summed E-state index contributed by atoms with van der Waals surface area (Å²) in [6.07, 6.45) is 0.741. The highest BCUT2D eigenvalue weighted by atomic mass is 32.2. The van der Waals surface area contributed by atoms with Crippen LogP contribution in [-0.4, -0.2) is 26.5 Å². The maximum Gasteiger partial charge on any atom is 0.268 e. The van der Waals surface area contributed by atoms with Crippen LogP contribution in [0.25, 0.3) is 0 Å². The van der Waals surface area contributed by atoms with Gasteiger partial charge >= 0.3 is 0 Å². The summed E-state index contributed by atoms with van der Waals surface area (Å²) >= 11 is 2.77. The molecule has 30 heavy (non-hydrogen) atoms. The van der Waals surface area contributed by atoms with Crippen LogP contribution in [0.3, 0.4) is 0 Å². The summed E-state index contributed by atoms with van der Waals surface area (Å²) in [5, 5.41) is 3.50. The lowest BCUT2D eigenvalue weighted by atomic mass is 10.2. The predicted molar refractivity (Wildman–Crippen MR) is 119 cm³/mol. The number of amides is 1. The van der Waals surface area contributed by atoms with Crippen molar-refractivity contribution < 1.29 is 9.18 Å². The first-order valence-corrected chi connectivity index (χ1v) is 11.4. The molecule has 0 aliphatic carbocycles. The lowest BCUT2D eigenvalue weighted by Crippen LogP contribution is -2.26. The average Bonchev–Trinajstić information content (AvgIpc) is 3.10. The second kappa shape index (κ2) is 9.06. The number of benzene rings is 2. The Morgan fingerprint density at radius 2 is 2.07 bits per heavy atom. The Labute approximate surface area is 182 Å². The van der Waals surface area contributed by atoms with E-state index in [2.05, 4.69) is 12.2 Å². The first-order valence-electron chi connectivity index (χ1n) is 9.52. The predicted octanol–water partition coefficient (Wildman–Crippen LogP) is 4.20. The van der Waals surface area contributed by atoms with Gasteiger partial charge in [-0.2, -0.15) is 0 Å². The van der Waals surface area contributed by atoms with Gasteiger partial charge in [-0.1, -0.05) is 55.1 Å². The molecular formula is C22H20FN3O2S2. The van der Waals surface area contributed by atoms with Gasteiger partial charge in [-0.3, -0.25) is 14.2 Å². The summed E-state index contributed by atoms with van der Waals surface area (Å²) in [7, 11) is 0. The fraction of sp³-hybridized carbons (Fsp3) is 0.227. The fourth-order valence-corrected chi connectivity index (χ4v) is 5.17. The van der Waals surface area contributed by atoms with E-state index in [0.29, 0.717) is 27.5 Å². The van der Waals surface area contributed by atoms with Crippen molar-refractivity contribution in [1.29, 1.82) is 0 Å². The molecule has 1 N–H and O–H groups in total. The van der Waals surface area contributed by atoms with Crippen LogP contribution in [0.2, 0.25) is 0 Å². The molecule has 5 nitrogen and oxygen atoms in total. The van der Waals surface area contributed by atoms with Gasteiger partial charge < -0.3 is 5.32 Å². The number of thioether (sulfide) groups is 2. The van der Waals surface area contributed by atoms with E-state index in [4.69, 9.17) is 4.98 Å². The Bertz CT molecular complexity index is 1130. The van der Waals surface area contributed by atoms with Gasteiger partial charge in [0.05, 0.1) is 22.9 Å². The third-order valence-corrected chi connectivity index (χ3v) is 6.78. The number of anilines is 1. The van der Waals surface area contributed by atoms with Crippen LogP contribution < -0.4 is 10.9 Å². The monoisotopic (exact) mass is 441 g/mol. The number of hydrogen-bond donors (Lipinski definition) is 1. The van der Waals surface area contributed by atoms with Gasteiger partial charge in [-0.05, 0) is 23.8 Å². The summed E-state index contributed by atoms with van der Waals surface area (Å²) in [4.78, 5) is 30.9. The molecule has 2 aromatic carbocycles. The lowest BCUT2D eigenvalue weighted by Gasteiger charge is -2.14. The van der Waals surface area contributed by atoms with Gasteiger partial charge in [0.1, 0.15) is 5.82 Å². The minimum atomic E-state index is -0.413. The summed E-state index contributed by atoms with van der Waals surface area (Å²) in [5.41, 5.74) is 2.12. The van der Waals surface area contributed by atoms with Crippen LogP contribution >= 0.6 is 23.5 Å². The normalized spacial score (nSPS) is 15.1. The minimum absolute atomic E-state index is 0.0637. The second-order valence-electron chi connectivity index (χ2n) is 7.03. The van der Waals surface area contributed by atoms with Crippen LogP contribution in [-0.2, 0) is 17.8 Å². The fourth-order valence-electron chi connectivity index (χ4n) is 3.24. The van der Waals surface area contributed by atoms with Crippen molar-refractivity contribution in [1.82, 2.24) is 9.55 Å². The third-order valence-electron chi connectivity index (χ3n) is 4.59. The van der Waals surface area contributed by atoms with Crippen LogP contribution in [0.15, 0.2) is 69.4 Å². The van der Waals surface area contributed by atoms with Gasteiger partial charge in [-0.25, -0.2) is 9.37 Å². The standard InChI is InChI=1S/C22H20FN3O2S2/c1-14-10-18-20(30-14)21(28)26(12-15-6-3-2-4-7-15)22(25-18)29-13-19(27)24-17-9-5-8-16(23)11-17/h2-9,11,14H,10,12-13H2,1H3,(H,24,27)/t14-/m0/s1. The average molecular weight is 442 g/mol. The first-order chi connectivity index (χ1) is 14.5. The largest absolute Gasteiger partial charge is 0.325 e. The van der Waals surface area contributed by atoms with Crippen molar-refractivity contribution in [2.45, 2.75) is 35.2 Å². The third kappa shape index (κ3) is 4.76. The maximum absolute atomic E-state index is 13.3. The Morgan fingerprint density at radius 1 is 1.27 bits per heavy atom. The van der Waals surface area contributed by atoms with Crippen molar-refractivity contribution in [3.63, 3.8) is 0 Å². The van der Waals surface area contributed by atoms with E-state index in [1.165, 1.54) is 30.0 Å². The van der Waals surface area contributed by atoms with Crippen molar-refractivity contribution in [3.05, 3.63) is 82.0 Å². The molecule has 1 atom stereocenters. The highest BCUT2D eigenvalue weighted by molar-refractivity contribution is 8.00. The van der Waals surface area contributed by atoms with E-state index < -0.39 is 5.82 Å². The smallest absolute Gasteiger partial charge is 0.268 e. The van der Waals surface area contributed by atoms with Crippen LogP contribution in [0, 0.1) is 5.82 Å². The summed E-state index contributed by atoms with van der Waals surface area (Å²) in [6, 6.07) is 15.5. The van der Waals surface area contributed by atoms with Crippen molar-refractivity contribution >= 4 is 35.1 Å². The summed E-state index contributed by atoms with van der Waals surface area (Å²) in [5.74, 6) is -0.627. The maximum atomic E-state index is 13.3. The van der Waals surface area contributed by atoms with Gasteiger partial charge in [0, 0.05) is 17.4 Å². The van der Waals surface area contributed by atoms with E-state index in [9.17, 15) is 14.0 Å². The Morgan fingerprint density at radius 3 is 2.83 bits per heavy atom. The van der Waals surface area contributed by atoms with Crippen LogP contribution in [0.4, 0.5) is 10.1 Å². The molecular weight excluding hydrogens is 421 g/mol. The second-order valence-corrected chi connectivity index (χ2v) is 9.42. The minimum Gasteiger partial charge on any atom is -0.325 e. The lowest BCUT2D eigenvalue weighted by molar-refractivity contribution is -0.113. The molecule has 1 amide bonds. The molecule has 0 radical (unpaired) electrons. The molecule has 154 valence electrons. The number of hydrogen-bond acceptors (Lipinski definition) is 5. The summed E-state index contributed by atoms with van der Waals surface area (Å²) in [6.45, 7) is 2.47. The molecule has 2 heterocycles. The summed E-state index contributed by atoms with van der Waals surface area (Å²) < 4.78 is 15.0. The van der Waals surface area contributed by atoms with Gasteiger partial charge in [0.2, 0.25) is 5.91 Å². The Balaban J connectivity index is 1.57. The zero-order valence-corrected chi connectivity index (χ0v) is 17.9.